The smallest absolute Gasteiger partial charge is 0.323 e. The molecule has 0 aliphatic carbocycles. The zero-order chi connectivity index (χ0) is 15.5. The fraction of sp³-hybridized carbons (Fsp3) is 0.462. The van der Waals surface area contributed by atoms with E-state index in [2.05, 4.69) is 0 Å². The summed E-state index contributed by atoms with van der Waals surface area (Å²) in [6.07, 6.45) is 0. The minimum Gasteiger partial charge on any atom is -0.480 e. The minimum absolute atomic E-state index is 0.0611. The van der Waals surface area contributed by atoms with E-state index in [1.165, 1.54) is 18.2 Å². The molecule has 7 heteroatoms. The maximum Gasteiger partial charge on any atom is 0.323 e. The first-order valence-corrected chi connectivity index (χ1v) is 6.49. The summed E-state index contributed by atoms with van der Waals surface area (Å²) in [6, 6.07) is 4.28. The Kier molecular flexibility index (Phi) is 5.08. The number of benzene rings is 1. The number of halogens is 1. The molecular formula is C13H17ClN2O4. The van der Waals surface area contributed by atoms with Gasteiger partial charge in [-0.2, -0.15) is 0 Å². The molecule has 0 atom stereocenters. The first-order valence-electron chi connectivity index (χ1n) is 6.11. The molecule has 0 amide bonds. The minimum atomic E-state index is -1.12. The molecule has 0 fully saturated rings. The van der Waals surface area contributed by atoms with Gasteiger partial charge in [0.25, 0.3) is 5.69 Å². The Morgan fingerprint density at radius 1 is 1.50 bits per heavy atom. The molecule has 0 aliphatic heterocycles. The summed E-state index contributed by atoms with van der Waals surface area (Å²) < 4.78 is 0. The number of nitro benzene ring substituents is 1. The summed E-state index contributed by atoms with van der Waals surface area (Å²) >= 11 is 5.87. The van der Waals surface area contributed by atoms with Crippen LogP contribution in [0, 0.1) is 10.1 Å². The quantitative estimate of drug-likeness (QED) is 0.645. The fourth-order valence-corrected chi connectivity index (χ4v) is 2.10. The molecule has 1 rings (SSSR count). The predicted molar refractivity (Wildman–Crippen MR) is 75.9 cm³/mol. The maximum atomic E-state index is 11.3. The average Bonchev–Trinajstić information content (AvgIpc) is 2.35. The Morgan fingerprint density at radius 2 is 2.10 bits per heavy atom. The largest absolute Gasteiger partial charge is 0.480 e. The van der Waals surface area contributed by atoms with E-state index in [1.54, 1.807) is 25.7 Å². The van der Waals surface area contributed by atoms with Crippen molar-refractivity contribution in [1.82, 2.24) is 4.90 Å². The third-order valence-electron chi connectivity index (χ3n) is 3.30. The highest BCUT2D eigenvalue weighted by Crippen LogP contribution is 2.26. The van der Waals surface area contributed by atoms with E-state index < -0.39 is 16.4 Å². The zero-order valence-electron chi connectivity index (χ0n) is 11.6. The summed E-state index contributed by atoms with van der Waals surface area (Å²) in [5.74, 6) is -0.982. The monoisotopic (exact) mass is 300 g/mol. The molecule has 1 aromatic rings. The van der Waals surface area contributed by atoms with E-state index in [0.29, 0.717) is 17.1 Å². The molecule has 20 heavy (non-hydrogen) atoms. The summed E-state index contributed by atoms with van der Waals surface area (Å²) in [5.41, 5.74) is -0.780. The van der Waals surface area contributed by atoms with E-state index >= 15 is 0 Å². The van der Waals surface area contributed by atoms with Crippen molar-refractivity contribution in [2.24, 2.45) is 0 Å². The molecule has 0 radical (unpaired) electrons. The van der Waals surface area contributed by atoms with Gasteiger partial charge >= 0.3 is 5.97 Å². The van der Waals surface area contributed by atoms with Gasteiger partial charge in [-0.25, -0.2) is 0 Å². The Hall–Kier alpha value is -1.66. The number of hydrogen-bond donors (Lipinski definition) is 1. The number of carbonyl (C=O) groups is 1. The van der Waals surface area contributed by atoms with Crippen molar-refractivity contribution < 1.29 is 14.8 Å². The van der Waals surface area contributed by atoms with Crippen LogP contribution in [-0.2, 0) is 11.3 Å². The number of carboxylic acids is 1. The molecule has 0 bridgehead atoms. The molecule has 0 aromatic heterocycles. The van der Waals surface area contributed by atoms with Crippen LogP contribution in [0.2, 0.25) is 5.02 Å². The third kappa shape index (κ3) is 3.46. The van der Waals surface area contributed by atoms with E-state index in [4.69, 9.17) is 11.6 Å². The third-order valence-corrected chi connectivity index (χ3v) is 3.53. The number of nitro groups is 1. The fourth-order valence-electron chi connectivity index (χ4n) is 1.90. The van der Waals surface area contributed by atoms with Gasteiger partial charge in [0.2, 0.25) is 0 Å². The van der Waals surface area contributed by atoms with Gasteiger partial charge in [0.1, 0.15) is 5.54 Å². The second-order valence-electron chi connectivity index (χ2n) is 4.91. The summed E-state index contributed by atoms with van der Waals surface area (Å²) in [4.78, 5) is 23.5. The molecule has 1 N–H and O–H groups in total. The van der Waals surface area contributed by atoms with Gasteiger partial charge in [-0.15, -0.1) is 0 Å². The van der Waals surface area contributed by atoms with Gasteiger partial charge < -0.3 is 5.11 Å². The summed E-state index contributed by atoms with van der Waals surface area (Å²) in [6.45, 7) is 5.53. The molecule has 0 aliphatic rings. The van der Waals surface area contributed by atoms with Crippen LogP contribution in [0.3, 0.4) is 0 Å². The van der Waals surface area contributed by atoms with Crippen molar-refractivity contribution in [1.29, 1.82) is 0 Å². The van der Waals surface area contributed by atoms with Gasteiger partial charge in [-0.05, 0) is 32.5 Å². The highest BCUT2D eigenvalue weighted by Gasteiger charge is 2.34. The van der Waals surface area contributed by atoms with Crippen LogP contribution in [0.15, 0.2) is 18.2 Å². The van der Waals surface area contributed by atoms with Gasteiger partial charge in [-0.3, -0.25) is 19.8 Å². The van der Waals surface area contributed by atoms with Crippen molar-refractivity contribution in [3.63, 3.8) is 0 Å². The number of aliphatic carboxylic acids is 1. The summed E-state index contributed by atoms with van der Waals surface area (Å²) in [7, 11) is 0. The van der Waals surface area contributed by atoms with Crippen molar-refractivity contribution in [2.75, 3.05) is 6.54 Å². The summed E-state index contributed by atoms with van der Waals surface area (Å²) in [5, 5.41) is 20.7. The second-order valence-corrected chi connectivity index (χ2v) is 5.34. The lowest BCUT2D eigenvalue weighted by atomic mass is 10.0. The van der Waals surface area contributed by atoms with Crippen LogP contribution >= 0.6 is 11.6 Å². The van der Waals surface area contributed by atoms with E-state index in [1.807, 2.05) is 0 Å². The zero-order valence-corrected chi connectivity index (χ0v) is 12.3. The lowest BCUT2D eigenvalue weighted by Crippen LogP contribution is -2.49. The highest BCUT2D eigenvalue weighted by molar-refractivity contribution is 6.30. The standard InChI is InChI=1S/C13H17ClN2O4/c1-4-15(13(2,3)12(17)18)8-9-7-10(14)5-6-11(9)16(19)20/h5-7H,4,8H2,1-3H3,(H,17,18). The molecule has 6 nitrogen and oxygen atoms in total. The van der Waals surface area contributed by atoms with Crippen molar-refractivity contribution in [2.45, 2.75) is 32.9 Å². The van der Waals surface area contributed by atoms with Gasteiger partial charge in [0.05, 0.1) is 4.92 Å². The van der Waals surface area contributed by atoms with Crippen LogP contribution in [0.5, 0.6) is 0 Å². The Morgan fingerprint density at radius 3 is 2.55 bits per heavy atom. The van der Waals surface area contributed by atoms with Crippen LogP contribution in [0.4, 0.5) is 5.69 Å². The van der Waals surface area contributed by atoms with Crippen LogP contribution in [0.1, 0.15) is 26.3 Å². The lowest BCUT2D eigenvalue weighted by Gasteiger charge is -2.34. The number of hydrogen-bond acceptors (Lipinski definition) is 4. The Bertz CT molecular complexity index is 531. The molecule has 1 aromatic carbocycles. The lowest BCUT2D eigenvalue weighted by molar-refractivity contribution is -0.385. The first kappa shape index (κ1) is 16.4. The molecule has 0 saturated heterocycles. The maximum absolute atomic E-state index is 11.3. The molecule has 0 saturated carbocycles. The van der Waals surface area contributed by atoms with Crippen molar-refractivity contribution in [3.05, 3.63) is 38.9 Å². The van der Waals surface area contributed by atoms with Crippen molar-refractivity contribution >= 4 is 23.3 Å². The van der Waals surface area contributed by atoms with Gasteiger partial charge in [0, 0.05) is 23.2 Å². The molecule has 0 spiro atoms. The SMILES string of the molecule is CCN(Cc1cc(Cl)ccc1[N+](=O)[O-])C(C)(C)C(=O)O. The molecule has 110 valence electrons. The Balaban J connectivity index is 3.16. The second kappa shape index (κ2) is 6.19. The van der Waals surface area contributed by atoms with E-state index in [9.17, 15) is 20.0 Å². The molecule has 0 unspecified atom stereocenters. The number of nitrogens with zero attached hydrogens (tertiary/aromatic N) is 2. The van der Waals surface area contributed by atoms with Crippen LogP contribution in [-0.4, -0.2) is 33.0 Å². The van der Waals surface area contributed by atoms with Crippen LogP contribution in [0.25, 0.3) is 0 Å². The first-order chi connectivity index (χ1) is 9.20. The van der Waals surface area contributed by atoms with E-state index in [-0.39, 0.29) is 12.2 Å². The van der Waals surface area contributed by atoms with Gasteiger partial charge in [-0.1, -0.05) is 18.5 Å². The van der Waals surface area contributed by atoms with Crippen LogP contribution < -0.4 is 0 Å². The molecular weight excluding hydrogens is 284 g/mol. The van der Waals surface area contributed by atoms with Crippen molar-refractivity contribution in [3.8, 4) is 0 Å². The normalized spacial score (nSPS) is 11.7. The number of carboxylic acid groups (broad SMARTS) is 1. The Labute approximate surface area is 122 Å². The highest BCUT2D eigenvalue weighted by atomic mass is 35.5. The van der Waals surface area contributed by atoms with E-state index in [0.717, 1.165) is 0 Å². The topological polar surface area (TPSA) is 83.7 Å². The average molecular weight is 301 g/mol. The van der Waals surface area contributed by atoms with Gasteiger partial charge in [0.15, 0.2) is 0 Å². The number of rotatable bonds is 6. The number of likely N-dealkylation sites (N-methyl/N-ethyl adjacent to an activating group) is 1. The predicted octanol–water partition coefficient (Wildman–Crippen LogP) is 2.93. The molecule has 0 heterocycles.